The lowest BCUT2D eigenvalue weighted by Gasteiger charge is -2.30. The highest BCUT2D eigenvalue weighted by Crippen LogP contribution is 2.42. The van der Waals surface area contributed by atoms with Crippen molar-refractivity contribution in [3.8, 4) is 0 Å². The van der Waals surface area contributed by atoms with E-state index >= 15 is 0 Å². The van der Waals surface area contributed by atoms with Gasteiger partial charge in [0, 0.05) is 17.3 Å². The van der Waals surface area contributed by atoms with E-state index in [2.05, 4.69) is 9.88 Å². The summed E-state index contributed by atoms with van der Waals surface area (Å²) in [5, 5.41) is 0. The number of hydrogen-bond acceptors (Lipinski definition) is 3. The minimum Gasteiger partial charge on any atom is -0.298 e. The first-order valence-electron chi connectivity index (χ1n) is 5.08. The van der Waals surface area contributed by atoms with E-state index in [0.29, 0.717) is 0 Å². The van der Waals surface area contributed by atoms with Crippen molar-refractivity contribution in [3.63, 3.8) is 0 Å². The van der Waals surface area contributed by atoms with Crippen LogP contribution in [0.25, 0.3) is 0 Å². The Morgan fingerprint density at radius 2 is 2.31 bits per heavy atom. The Bertz CT molecular complexity index is 300. The number of likely N-dealkylation sites (tertiary alicyclic amines) is 1. The van der Waals surface area contributed by atoms with Crippen molar-refractivity contribution in [2.45, 2.75) is 31.7 Å². The van der Waals surface area contributed by atoms with Crippen LogP contribution in [0.3, 0.4) is 0 Å². The summed E-state index contributed by atoms with van der Waals surface area (Å²) >= 11 is 1.84. The Labute approximate surface area is 82.6 Å². The Hall–Kier alpha value is -0.410. The average Bonchev–Trinajstić information content (AvgIpc) is 2.79. The van der Waals surface area contributed by atoms with E-state index in [1.54, 1.807) is 0 Å². The van der Waals surface area contributed by atoms with Crippen molar-refractivity contribution in [1.82, 2.24) is 9.88 Å². The summed E-state index contributed by atoms with van der Waals surface area (Å²) in [4.78, 5) is 8.52. The van der Waals surface area contributed by atoms with Crippen LogP contribution in [-0.4, -0.2) is 23.0 Å². The van der Waals surface area contributed by atoms with Gasteiger partial charge >= 0.3 is 0 Å². The second-order valence-electron chi connectivity index (χ2n) is 4.06. The molecule has 1 aromatic heterocycles. The van der Waals surface area contributed by atoms with Crippen LogP contribution < -0.4 is 0 Å². The lowest BCUT2D eigenvalue weighted by molar-refractivity contribution is 0.173. The van der Waals surface area contributed by atoms with Crippen LogP contribution in [0, 0.1) is 0 Å². The predicted octanol–water partition coefficient (Wildman–Crippen LogP) is 2.23. The molecular weight excluding hydrogens is 180 g/mol. The minimum atomic E-state index is 0.822. The van der Waals surface area contributed by atoms with Crippen molar-refractivity contribution >= 4 is 11.3 Å². The topological polar surface area (TPSA) is 16.1 Å². The van der Waals surface area contributed by atoms with Crippen LogP contribution in [0.2, 0.25) is 0 Å². The summed E-state index contributed by atoms with van der Waals surface area (Å²) in [7, 11) is 0. The predicted molar refractivity (Wildman–Crippen MR) is 54.0 cm³/mol. The molecule has 2 aliphatic rings. The molecule has 0 bridgehead atoms. The van der Waals surface area contributed by atoms with Gasteiger partial charge in [0.15, 0.2) is 0 Å². The van der Waals surface area contributed by atoms with E-state index in [1.165, 1.54) is 42.9 Å². The Kier molecular flexibility index (Phi) is 1.87. The van der Waals surface area contributed by atoms with E-state index in [9.17, 15) is 0 Å². The van der Waals surface area contributed by atoms with Gasteiger partial charge in [-0.1, -0.05) is 0 Å². The summed E-state index contributed by atoms with van der Waals surface area (Å²) < 4.78 is 0. The molecule has 0 atom stereocenters. The molecule has 0 amide bonds. The van der Waals surface area contributed by atoms with Crippen molar-refractivity contribution in [2.75, 3.05) is 13.1 Å². The fourth-order valence-corrected chi connectivity index (χ4v) is 2.72. The SMILES string of the molecule is c1nc(C2CC2)c(CN2CCC2)s1. The highest BCUT2D eigenvalue weighted by atomic mass is 32.1. The molecule has 13 heavy (non-hydrogen) atoms. The van der Waals surface area contributed by atoms with Gasteiger partial charge in [-0.2, -0.15) is 0 Å². The smallest absolute Gasteiger partial charge is 0.0798 e. The highest BCUT2D eigenvalue weighted by Gasteiger charge is 2.29. The lowest BCUT2D eigenvalue weighted by Crippen LogP contribution is -2.36. The molecule has 0 unspecified atom stereocenters. The van der Waals surface area contributed by atoms with E-state index in [1.807, 2.05) is 16.8 Å². The normalized spacial score (nSPS) is 23.1. The summed E-state index contributed by atoms with van der Waals surface area (Å²) in [6.07, 6.45) is 4.13. The zero-order chi connectivity index (χ0) is 8.67. The van der Waals surface area contributed by atoms with E-state index in [-0.39, 0.29) is 0 Å². The van der Waals surface area contributed by atoms with Crippen LogP contribution in [0.1, 0.15) is 35.8 Å². The molecular formula is C10H14N2S. The molecule has 3 heteroatoms. The minimum absolute atomic E-state index is 0.822. The third-order valence-electron chi connectivity index (χ3n) is 2.95. The maximum Gasteiger partial charge on any atom is 0.0798 e. The van der Waals surface area contributed by atoms with Gasteiger partial charge in [0.1, 0.15) is 0 Å². The molecule has 0 spiro atoms. The summed E-state index contributed by atoms with van der Waals surface area (Å²) in [6, 6.07) is 0. The van der Waals surface area contributed by atoms with Gasteiger partial charge < -0.3 is 0 Å². The second-order valence-corrected chi connectivity index (χ2v) is 5.00. The van der Waals surface area contributed by atoms with Crippen molar-refractivity contribution in [3.05, 3.63) is 16.1 Å². The average molecular weight is 194 g/mol. The van der Waals surface area contributed by atoms with Gasteiger partial charge in [-0.05, 0) is 32.4 Å². The van der Waals surface area contributed by atoms with Crippen molar-refractivity contribution < 1.29 is 0 Å². The van der Waals surface area contributed by atoms with Gasteiger partial charge in [-0.3, -0.25) is 4.90 Å². The molecule has 2 fully saturated rings. The Morgan fingerprint density at radius 1 is 1.46 bits per heavy atom. The first kappa shape index (κ1) is 7.94. The third kappa shape index (κ3) is 1.51. The van der Waals surface area contributed by atoms with Crippen LogP contribution >= 0.6 is 11.3 Å². The molecule has 1 aromatic rings. The van der Waals surface area contributed by atoms with Gasteiger partial charge in [0.25, 0.3) is 0 Å². The highest BCUT2D eigenvalue weighted by molar-refractivity contribution is 7.09. The van der Waals surface area contributed by atoms with E-state index in [4.69, 9.17) is 0 Å². The standard InChI is InChI=1S/C10H14N2S/c1-4-12(5-1)6-9-10(8-2-3-8)11-7-13-9/h7-8H,1-6H2. The summed E-state index contributed by atoms with van der Waals surface area (Å²) in [5.41, 5.74) is 3.43. The molecule has 1 saturated carbocycles. The van der Waals surface area contributed by atoms with Crippen LogP contribution in [0.4, 0.5) is 0 Å². The van der Waals surface area contributed by atoms with E-state index in [0.717, 1.165) is 12.5 Å². The number of rotatable bonds is 3. The van der Waals surface area contributed by atoms with Gasteiger partial charge in [-0.15, -0.1) is 11.3 Å². The molecule has 70 valence electrons. The molecule has 2 nitrogen and oxygen atoms in total. The third-order valence-corrected chi connectivity index (χ3v) is 3.79. The number of nitrogens with zero attached hydrogens (tertiary/aromatic N) is 2. The lowest BCUT2D eigenvalue weighted by atomic mass is 10.2. The summed E-state index contributed by atoms with van der Waals surface area (Å²) in [5.74, 6) is 0.822. The second kappa shape index (κ2) is 3.07. The number of thiazole rings is 1. The molecule has 3 rings (SSSR count). The molecule has 0 radical (unpaired) electrons. The van der Waals surface area contributed by atoms with Crippen molar-refractivity contribution in [1.29, 1.82) is 0 Å². The fraction of sp³-hybridized carbons (Fsp3) is 0.700. The van der Waals surface area contributed by atoms with Crippen LogP contribution in [0.5, 0.6) is 0 Å². The quantitative estimate of drug-likeness (QED) is 0.733. The fourth-order valence-electron chi connectivity index (χ4n) is 1.83. The summed E-state index contributed by atoms with van der Waals surface area (Å²) in [6.45, 7) is 3.75. The maximum atomic E-state index is 4.48. The van der Waals surface area contributed by atoms with E-state index < -0.39 is 0 Å². The van der Waals surface area contributed by atoms with Gasteiger partial charge in [0.05, 0.1) is 11.2 Å². The van der Waals surface area contributed by atoms with Crippen LogP contribution in [0.15, 0.2) is 5.51 Å². The zero-order valence-electron chi connectivity index (χ0n) is 7.70. The van der Waals surface area contributed by atoms with Crippen LogP contribution in [-0.2, 0) is 6.54 Å². The molecule has 2 heterocycles. The molecule has 0 N–H and O–H groups in total. The Balaban J connectivity index is 1.74. The maximum absolute atomic E-state index is 4.48. The molecule has 1 aliphatic carbocycles. The number of hydrogen-bond donors (Lipinski definition) is 0. The van der Waals surface area contributed by atoms with Gasteiger partial charge in [-0.25, -0.2) is 4.98 Å². The molecule has 1 saturated heterocycles. The molecule has 0 aromatic carbocycles. The van der Waals surface area contributed by atoms with Crippen molar-refractivity contribution in [2.24, 2.45) is 0 Å². The Morgan fingerprint density at radius 3 is 2.92 bits per heavy atom. The monoisotopic (exact) mass is 194 g/mol. The zero-order valence-corrected chi connectivity index (χ0v) is 8.52. The molecule has 1 aliphatic heterocycles. The largest absolute Gasteiger partial charge is 0.298 e. The van der Waals surface area contributed by atoms with Gasteiger partial charge in [0.2, 0.25) is 0 Å². The first-order valence-corrected chi connectivity index (χ1v) is 5.96. The first-order chi connectivity index (χ1) is 6.43. The number of aromatic nitrogens is 1.